The largest absolute Gasteiger partial charge is 0.372 e. The van der Waals surface area contributed by atoms with Crippen LogP contribution in [0.3, 0.4) is 0 Å². The van der Waals surface area contributed by atoms with Crippen molar-refractivity contribution in [2.45, 2.75) is 25.7 Å². The Morgan fingerprint density at radius 1 is 1.08 bits per heavy atom. The van der Waals surface area contributed by atoms with E-state index >= 15 is 0 Å². The summed E-state index contributed by atoms with van der Waals surface area (Å²) < 4.78 is 13.1. The van der Waals surface area contributed by atoms with Crippen LogP contribution in [0.15, 0.2) is 48.5 Å². The van der Waals surface area contributed by atoms with Crippen LogP contribution in [0.25, 0.3) is 0 Å². The molecule has 1 aliphatic rings. The minimum absolute atomic E-state index is 0.223. The maximum Gasteiger partial charge on any atom is 0.251 e. The second kappa shape index (κ2) is 7.95. The number of aryl methyl sites for hydroxylation is 1. The Morgan fingerprint density at radius 3 is 2.54 bits per heavy atom. The summed E-state index contributed by atoms with van der Waals surface area (Å²) in [6.07, 6.45) is 4.35. The van der Waals surface area contributed by atoms with E-state index in [4.69, 9.17) is 0 Å². The van der Waals surface area contributed by atoms with Gasteiger partial charge in [-0.2, -0.15) is 0 Å². The van der Waals surface area contributed by atoms with Crippen LogP contribution in [-0.4, -0.2) is 25.5 Å². The average molecular weight is 326 g/mol. The highest BCUT2D eigenvalue weighted by Gasteiger charge is 2.11. The van der Waals surface area contributed by atoms with E-state index in [2.05, 4.69) is 34.5 Å². The van der Waals surface area contributed by atoms with Crippen LogP contribution in [0.1, 0.15) is 35.2 Å². The van der Waals surface area contributed by atoms with Gasteiger partial charge in [-0.05, 0) is 61.6 Å². The maximum atomic E-state index is 13.1. The Hall–Kier alpha value is -2.36. The van der Waals surface area contributed by atoms with Gasteiger partial charge in [0.1, 0.15) is 5.82 Å². The highest BCUT2D eigenvalue weighted by molar-refractivity contribution is 5.94. The Labute approximate surface area is 142 Å². The molecule has 1 N–H and O–H groups in total. The second-order valence-electron chi connectivity index (χ2n) is 6.23. The van der Waals surface area contributed by atoms with Gasteiger partial charge in [0.05, 0.1) is 0 Å². The fraction of sp³-hybridized carbons (Fsp3) is 0.350. The van der Waals surface area contributed by atoms with E-state index in [1.54, 1.807) is 12.1 Å². The van der Waals surface area contributed by atoms with Crippen LogP contribution in [0.5, 0.6) is 0 Å². The molecule has 1 fully saturated rings. The fourth-order valence-electron chi connectivity index (χ4n) is 3.07. The summed E-state index contributed by atoms with van der Waals surface area (Å²) in [4.78, 5) is 14.3. The molecule has 126 valence electrons. The number of rotatable bonds is 6. The molecular formula is C20H23FN2O. The van der Waals surface area contributed by atoms with Crippen LogP contribution in [-0.2, 0) is 6.42 Å². The van der Waals surface area contributed by atoms with Gasteiger partial charge in [-0.1, -0.05) is 18.2 Å². The SMILES string of the molecule is O=C(NCCCc1ccc(N2CCCC2)cc1)c1cccc(F)c1. The van der Waals surface area contributed by atoms with Crippen molar-refractivity contribution >= 4 is 11.6 Å². The molecule has 1 saturated heterocycles. The van der Waals surface area contributed by atoms with Gasteiger partial charge in [0, 0.05) is 30.9 Å². The molecule has 3 rings (SSSR count). The molecule has 2 aromatic rings. The number of benzene rings is 2. The van der Waals surface area contributed by atoms with Crippen LogP contribution in [0, 0.1) is 5.82 Å². The van der Waals surface area contributed by atoms with Crippen molar-refractivity contribution in [2.24, 2.45) is 0 Å². The lowest BCUT2D eigenvalue weighted by Crippen LogP contribution is -2.24. The second-order valence-corrected chi connectivity index (χ2v) is 6.23. The van der Waals surface area contributed by atoms with Crippen molar-refractivity contribution in [1.82, 2.24) is 5.32 Å². The molecule has 1 aliphatic heterocycles. The van der Waals surface area contributed by atoms with Gasteiger partial charge in [-0.25, -0.2) is 4.39 Å². The van der Waals surface area contributed by atoms with Gasteiger partial charge in [0.25, 0.3) is 5.91 Å². The maximum absolute atomic E-state index is 13.1. The Balaban J connectivity index is 1.42. The summed E-state index contributed by atoms with van der Waals surface area (Å²) >= 11 is 0. The minimum Gasteiger partial charge on any atom is -0.372 e. The van der Waals surface area contributed by atoms with Gasteiger partial charge < -0.3 is 10.2 Å². The van der Waals surface area contributed by atoms with Gasteiger partial charge in [0.15, 0.2) is 0 Å². The highest BCUT2D eigenvalue weighted by Crippen LogP contribution is 2.20. The van der Waals surface area contributed by atoms with Crippen molar-refractivity contribution in [1.29, 1.82) is 0 Å². The number of halogens is 1. The molecule has 1 heterocycles. The van der Waals surface area contributed by atoms with Crippen LogP contribution in [0.4, 0.5) is 10.1 Å². The predicted octanol–water partition coefficient (Wildman–Crippen LogP) is 3.79. The molecular weight excluding hydrogens is 303 g/mol. The molecule has 0 atom stereocenters. The fourth-order valence-corrected chi connectivity index (χ4v) is 3.07. The third kappa shape index (κ3) is 4.34. The number of nitrogens with one attached hydrogen (secondary N) is 1. The summed E-state index contributed by atoms with van der Waals surface area (Å²) in [5, 5.41) is 2.84. The van der Waals surface area contributed by atoms with Crippen molar-refractivity contribution < 1.29 is 9.18 Å². The van der Waals surface area contributed by atoms with Crippen LogP contribution >= 0.6 is 0 Å². The van der Waals surface area contributed by atoms with Crippen molar-refractivity contribution in [3.05, 3.63) is 65.5 Å². The molecule has 2 aromatic carbocycles. The zero-order chi connectivity index (χ0) is 16.8. The summed E-state index contributed by atoms with van der Waals surface area (Å²) in [7, 11) is 0. The first-order valence-corrected chi connectivity index (χ1v) is 8.60. The highest BCUT2D eigenvalue weighted by atomic mass is 19.1. The summed E-state index contributed by atoms with van der Waals surface area (Å²) in [5.41, 5.74) is 2.94. The molecule has 0 radical (unpaired) electrons. The van der Waals surface area contributed by atoms with E-state index in [9.17, 15) is 9.18 Å². The lowest BCUT2D eigenvalue weighted by Gasteiger charge is -2.17. The molecule has 0 saturated carbocycles. The molecule has 4 heteroatoms. The average Bonchev–Trinajstić information content (AvgIpc) is 3.14. The summed E-state index contributed by atoms with van der Waals surface area (Å²) in [6, 6.07) is 14.5. The van der Waals surface area contributed by atoms with E-state index in [-0.39, 0.29) is 11.7 Å². The van der Waals surface area contributed by atoms with Crippen molar-refractivity contribution in [2.75, 3.05) is 24.5 Å². The number of amides is 1. The lowest BCUT2D eigenvalue weighted by atomic mass is 10.1. The van der Waals surface area contributed by atoms with E-state index < -0.39 is 0 Å². The molecule has 0 unspecified atom stereocenters. The first-order valence-electron chi connectivity index (χ1n) is 8.60. The predicted molar refractivity (Wildman–Crippen MR) is 94.9 cm³/mol. The van der Waals surface area contributed by atoms with Gasteiger partial charge in [0.2, 0.25) is 0 Å². The molecule has 0 aliphatic carbocycles. The van der Waals surface area contributed by atoms with E-state index in [1.165, 1.54) is 36.2 Å². The smallest absolute Gasteiger partial charge is 0.251 e. The number of carbonyl (C=O) groups is 1. The van der Waals surface area contributed by atoms with Gasteiger partial charge >= 0.3 is 0 Å². The molecule has 0 spiro atoms. The van der Waals surface area contributed by atoms with Crippen LogP contribution in [0.2, 0.25) is 0 Å². The first kappa shape index (κ1) is 16.5. The summed E-state index contributed by atoms with van der Waals surface area (Å²) in [5.74, 6) is -0.611. The number of anilines is 1. The van der Waals surface area contributed by atoms with E-state index in [0.717, 1.165) is 25.9 Å². The van der Waals surface area contributed by atoms with Gasteiger partial charge in [-0.3, -0.25) is 4.79 Å². The molecule has 1 amide bonds. The summed E-state index contributed by atoms with van der Waals surface area (Å²) in [6.45, 7) is 2.90. The number of nitrogens with zero attached hydrogens (tertiary/aromatic N) is 1. The van der Waals surface area contributed by atoms with E-state index in [0.29, 0.717) is 12.1 Å². The zero-order valence-electron chi connectivity index (χ0n) is 13.8. The molecule has 24 heavy (non-hydrogen) atoms. The van der Waals surface area contributed by atoms with E-state index in [1.807, 2.05) is 0 Å². The molecule has 0 aromatic heterocycles. The van der Waals surface area contributed by atoms with Crippen molar-refractivity contribution in [3.8, 4) is 0 Å². The Kier molecular flexibility index (Phi) is 5.47. The zero-order valence-corrected chi connectivity index (χ0v) is 13.8. The third-order valence-corrected chi connectivity index (χ3v) is 4.42. The standard InChI is InChI=1S/C20H23FN2O/c21-18-7-3-6-17(15-18)20(24)22-12-4-5-16-8-10-19(11-9-16)23-13-1-2-14-23/h3,6-11,15H,1-2,4-5,12-14H2,(H,22,24). The quantitative estimate of drug-likeness (QED) is 0.819. The lowest BCUT2D eigenvalue weighted by molar-refractivity contribution is 0.0953. The molecule has 0 bridgehead atoms. The monoisotopic (exact) mass is 326 g/mol. The van der Waals surface area contributed by atoms with Gasteiger partial charge in [-0.15, -0.1) is 0 Å². The Morgan fingerprint density at radius 2 is 1.83 bits per heavy atom. The minimum atomic E-state index is -0.388. The van der Waals surface area contributed by atoms with Crippen molar-refractivity contribution in [3.63, 3.8) is 0 Å². The number of carbonyl (C=O) groups excluding carboxylic acids is 1. The Bertz CT molecular complexity index is 678. The third-order valence-electron chi connectivity index (χ3n) is 4.42. The number of hydrogen-bond acceptors (Lipinski definition) is 2. The molecule has 3 nitrogen and oxygen atoms in total. The topological polar surface area (TPSA) is 32.3 Å². The number of hydrogen-bond donors (Lipinski definition) is 1. The normalized spacial score (nSPS) is 14.0. The van der Waals surface area contributed by atoms with Crippen LogP contribution < -0.4 is 10.2 Å². The first-order chi connectivity index (χ1) is 11.7.